The molecule has 0 heterocycles. The lowest BCUT2D eigenvalue weighted by atomic mass is 10.3. The molecule has 4 atom stereocenters. The first-order valence-corrected chi connectivity index (χ1v) is 16.0. The van der Waals surface area contributed by atoms with E-state index in [1.165, 1.54) is 13.8 Å². The Morgan fingerprint density at radius 3 is 1.33 bits per heavy atom. The second kappa shape index (κ2) is 23.8. The van der Waals surface area contributed by atoms with Gasteiger partial charge in [-0.05, 0) is 26.0 Å². The average molecular weight is 683 g/mol. The monoisotopic (exact) mass is 682 g/mol. The standard InChI is InChI=1S/C26H36O17P2/c1-5-23(29)35-17-13-21(19-37-25(31)11-9-15-27)41-44(33,39-7-3)43-45(34,40-8-4)42-22(14-18-36-24(30)6-2)20-38-26(32)12-10-16-28/h5-6,9-12,15-16,21-22H,1-2,7-8,13-14,17-20H2,3-4H3. The molecule has 0 spiro atoms. The fraction of sp³-hybridized carbons (Fsp3) is 0.462. The van der Waals surface area contributed by atoms with Crippen molar-refractivity contribution in [3.63, 3.8) is 0 Å². The molecule has 4 unspecified atom stereocenters. The van der Waals surface area contributed by atoms with Crippen molar-refractivity contribution in [3.8, 4) is 0 Å². The fourth-order valence-corrected chi connectivity index (χ4v) is 6.15. The van der Waals surface area contributed by atoms with Gasteiger partial charge in [-0.3, -0.25) is 27.7 Å². The van der Waals surface area contributed by atoms with Crippen LogP contribution in [0, 0.1) is 0 Å². The number of hydrogen-bond donors (Lipinski definition) is 0. The molecule has 0 radical (unpaired) electrons. The van der Waals surface area contributed by atoms with Crippen molar-refractivity contribution in [2.45, 2.75) is 38.9 Å². The smallest absolute Gasteiger partial charge is 0.462 e. The third-order valence-corrected chi connectivity index (χ3v) is 8.34. The molecule has 0 bridgehead atoms. The van der Waals surface area contributed by atoms with Gasteiger partial charge >= 0.3 is 39.5 Å². The molecule has 0 saturated carbocycles. The van der Waals surface area contributed by atoms with Gasteiger partial charge in [0.05, 0.1) is 26.4 Å². The second-order valence-electron chi connectivity index (χ2n) is 7.84. The maximum atomic E-state index is 13.7. The molecule has 0 fully saturated rings. The maximum Gasteiger partial charge on any atom is 0.484 e. The van der Waals surface area contributed by atoms with Gasteiger partial charge in [-0.25, -0.2) is 28.3 Å². The van der Waals surface area contributed by atoms with Gasteiger partial charge in [0, 0.05) is 37.1 Å². The van der Waals surface area contributed by atoms with E-state index in [4.69, 9.17) is 41.4 Å². The van der Waals surface area contributed by atoms with Crippen LogP contribution in [0.2, 0.25) is 0 Å². The SMILES string of the molecule is C=CC(=O)OCCC(COC(=O)C=CC=O)OP(=O)(OCC)OP(=O)(OCC)OC(CCOC(=O)C=C)COC(=O)C=CC=O. The van der Waals surface area contributed by atoms with Crippen LogP contribution in [0.5, 0.6) is 0 Å². The lowest BCUT2D eigenvalue weighted by molar-refractivity contribution is -0.143. The number of carbonyl (C=O) groups is 6. The second-order valence-corrected chi connectivity index (χ2v) is 11.2. The number of ether oxygens (including phenoxy) is 4. The van der Waals surface area contributed by atoms with E-state index in [2.05, 4.69) is 13.2 Å². The molecular formula is C26H36O17P2. The minimum Gasteiger partial charge on any atom is -0.462 e. The van der Waals surface area contributed by atoms with Crippen LogP contribution in [0.15, 0.2) is 49.6 Å². The largest absolute Gasteiger partial charge is 0.484 e. The van der Waals surface area contributed by atoms with Gasteiger partial charge in [0.2, 0.25) is 0 Å². The summed E-state index contributed by atoms with van der Waals surface area (Å²) < 4.78 is 73.2. The average Bonchev–Trinajstić information content (AvgIpc) is 2.99. The molecule has 19 heteroatoms. The topological polar surface area (TPSA) is 220 Å². The number of esters is 4. The Bertz CT molecular complexity index is 1070. The van der Waals surface area contributed by atoms with Crippen LogP contribution in [0.4, 0.5) is 0 Å². The van der Waals surface area contributed by atoms with E-state index < -0.39 is 64.9 Å². The van der Waals surface area contributed by atoms with E-state index in [0.717, 1.165) is 36.5 Å². The van der Waals surface area contributed by atoms with Crippen molar-refractivity contribution < 1.29 is 79.3 Å². The molecular weight excluding hydrogens is 646 g/mol. The van der Waals surface area contributed by atoms with Gasteiger partial charge in [0.1, 0.15) is 38.0 Å². The van der Waals surface area contributed by atoms with E-state index in [1.807, 2.05) is 0 Å². The fourth-order valence-electron chi connectivity index (χ4n) is 2.67. The summed E-state index contributed by atoms with van der Waals surface area (Å²) in [5, 5.41) is 0. The van der Waals surface area contributed by atoms with Gasteiger partial charge in [-0.2, -0.15) is 4.31 Å². The molecule has 252 valence electrons. The van der Waals surface area contributed by atoms with Gasteiger partial charge in [0.15, 0.2) is 0 Å². The summed E-state index contributed by atoms with van der Waals surface area (Å²) in [5.74, 6) is -3.56. The molecule has 0 aromatic heterocycles. The first kappa shape index (κ1) is 41.4. The number of allylic oxidation sites excluding steroid dienone is 2. The number of carbonyl (C=O) groups excluding carboxylic acids is 6. The van der Waals surface area contributed by atoms with Crippen LogP contribution in [-0.4, -0.2) is 88.3 Å². The highest BCUT2D eigenvalue weighted by Gasteiger charge is 2.44. The minimum atomic E-state index is -4.93. The molecule has 0 N–H and O–H groups in total. The van der Waals surface area contributed by atoms with Crippen molar-refractivity contribution in [1.29, 1.82) is 0 Å². The molecule has 0 amide bonds. The molecule has 0 aromatic carbocycles. The molecule has 45 heavy (non-hydrogen) atoms. The van der Waals surface area contributed by atoms with Crippen LogP contribution in [0.1, 0.15) is 26.7 Å². The lowest BCUT2D eigenvalue weighted by Crippen LogP contribution is -2.25. The first-order valence-electron chi connectivity index (χ1n) is 13.1. The molecule has 0 aliphatic rings. The summed E-state index contributed by atoms with van der Waals surface area (Å²) in [5.41, 5.74) is 0. The van der Waals surface area contributed by atoms with Crippen molar-refractivity contribution in [3.05, 3.63) is 49.6 Å². The molecule has 0 saturated heterocycles. The Labute approximate surface area is 259 Å². The van der Waals surface area contributed by atoms with Crippen molar-refractivity contribution in [2.75, 3.05) is 39.6 Å². The molecule has 0 aromatic rings. The first-order chi connectivity index (χ1) is 21.4. The van der Waals surface area contributed by atoms with Crippen LogP contribution >= 0.6 is 15.6 Å². The summed E-state index contributed by atoms with van der Waals surface area (Å²) in [6, 6.07) is 0. The Morgan fingerprint density at radius 1 is 0.644 bits per heavy atom. The van der Waals surface area contributed by atoms with Crippen LogP contribution < -0.4 is 0 Å². The summed E-state index contributed by atoms with van der Waals surface area (Å²) in [6.45, 7) is 6.67. The summed E-state index contributed by atoms with van der Waals surface area (Å²) >= 11 is 0. The van der Waals surface area contributed by atoms with Gasteiger partial charge in [-0.15, -0.1) is 0 Å². The number of aldehydes is 2. The number of rotatable bonds is 26. The lowest BCUT2D eigenvalue weighted by Gasteiger charge is -2.28. The van der Waals surface area contributed by atoms with Crippen LogP contribution in [0.25, 0.3) is 0 Å². The summed E-state index contributed by atoms with van der Waals surface area (Å²) in [4.78, 5) is 67.5. The predicted octanol–water partition coefficient (Wildman–Crippen LogP) is 2.90. The van der Waals surface area contributed by atoms with Crippen molar-refractivity contribution >= 4 is 52.1 Å². The van der Waals surface area contributed by atoms with Crippen molar-refractivity contribution in [2.24, 2.45) is 0 Å². The van der Waals surface area contributed by atoms with E-state index in [-0.39, 0.29) is 39.3 Å². The highest BCUT2D eigenvalue weighted by Crippen LogP contribution is 2.67. The van der Waals surface area contributed by atoms with Gasteiger partial charge in [0.25, 0.3) is 0 Å². The van der Waals surface area contributed by atoms with Gasteiger partial charge in [-0.1, -0.05) is 13.2 Å². The molecule has 0 aliphatic heterocycles. The van der Waals surface area contributed by atoms with E-state index >= 15 is 0 Å². The number of phosphoric acid groups is 2. The van der Waals surface area contributed by atoms with Crippen molar-refractivity contribution in [1.82, 2.24) is 0 Å². The Kier molecular flexibility index (Phi) is 21.9. The van der Waals surface area contributed by atoms with E-state index in [0.29, 0.717) is 12.6 Å². The summed E-state index contributed by atoms with van der Waals surface area (Å²) in [6.07, 6.45) is 2.47. The summed E-state index contributed by atoms with van der Waals surface area (Å²) in [7, 11) is -9.86. The third kappa shape index (κ3) is 20.2. The highest BCUT2D eigenvalue weighted by molar-refractivity contribution is 7.62. The number of hydrogen-bond acceptors (Lipinski definition) is 17. The quantitative estimate of drug-likeness (QED) is 0.0421. The zero-order chi connectivity index (χ0) is 34.1. The maximum absolute atomic E-state index is 13.7. The normalized spacial score (nSPS) is 15.2. The van der Waals surface area contributed by atoms with E-state index in [1.54, 1.807) is 0 Å². The Balaban J connectivity index is 6.10. The Hall–Kier alpha value is -3.56. The number of phosphoric ester groups is 2. The highest BCUT2D eigenvalue weighted by atomic mass is 31.3. The third-order valence-electron chi connectivity index (χ3n) is 4.48. The zero-order valence-corrected chi connectivity index (χ0v) is 26.5. The molecule has 17 nitrogen and oxygen atoms in total. The van der Waals surface area contributed by atoms with Gasteiger partial charge < -0.3 is 18.9 Å². The van der Waals surface area contributed by atoms with E-state index in [9.17, 15) is 37.9 Å². The predicted molar refractivity (Wildman–Crippen MR) is 153 cm³/mol. The van der Waals surface area contributed by atoms with Crippen LogP contribution in [0.3, 0.4) is 0 Å². The zero-order valence-electron chi connectivity index (χ0n) is 24.7. The molecule has 0 aliphatic carbocycles. The van der Waals surface area contributed by atoms with Crippen LogP contribution in [-0.2, 0) is 79.3 Å². The Morgan fingerprint density at radius 2 is 1.02 bits per heavy atom. The molecule has 0 rings (SSSR count). The minimum absolute atomic E-state index is 0.258.